The van der Waals surface area contributed by atoms with E-state index in [1.54, 1.807) is 36.1 Å². The van der Waals surface area contributed by atoms with Crippen LogP contribution in [0, 0.1) is 5.92 Å². The molecule has 0 bridgehead atoms. The van der Waals surface area contributed by atoms with Gasteiger partial charge in [-0.3, -0.25) is 14.4 Å². The first-order valence-electron chi connectivity index (χ1n) is 10.6. The van der Waals surface area contributed by atoms with Gasteiger partial charge in [0, 0.05) is 25.1 Å². The molecule has 1 aromatic carbocycles. The Balaban J connectivity index is 1.67. The van der Waals surface area contributed by atoms with Crippen molar-refractivity contribution >= 4 is 28.7 Å². The molecule has 1 saturated heterocycles. The minimum Gasteiger partial charge on any atom is -0.378 e. The van der Waals surface area contributed by atoms with Crippen molar-refractivity contribution in [1.29, 1.82) is 0 Å². The molecule has 0 saturated carbocycles. The molecule has 11 nitrogen and oxygen atoms in total. The van der Waals surface area contributed by atoms with Crippen LogP contribution in [-0.4, -0.2) is 79.5 Å². The van der Waals surface area contributed by atoms with Gasteiger partial charge >= 0.3 is 0 Å². The predicted octanol–water partition coefficient (Wildman–Crippen LogP) is 0.901. The lowest BCUT2D eigenvalue weighted by Gasteiger charge is -2.28. The number of morpholine rings is 1. The zero-order chi connectivity index (χ0) is 23.8. The fraction of sp³-hybridized carbons (Fsp3) is 0.476. The SMILES string of the molecule is CC[C@H](NC(=O)C(CC(=O)N1CCOCC1)CS(=O)O)C(=O)c1nc(-c2ccccc2)no1. The molecular formula is C21H26N4O7S. The van der Waals surface area contributed by atoms with Crippen LogP contribution in [0.1, 0.15) is 30.5 Å². The largest absolute Gasteiger partial charge is 0.378 e. The second kappa shape index (κ2) is 11.8. The molecule has 2 amide bonds. The Morgan fingerprint density at radius 1 is 1.21 bits per heavy atom. The number of Topliss-reactive ketones (excluding diaryl/α,β-unsaturated/α-hetero) is 1. The summed E-state index contributed by atoms with van der Waals surface area (Å²) >= 11 is -2.30. The van der Waals surface area contributed by atoms with E-state index in [0.29, 0.717) is 31.9 Å². The summed E-state index contributed by atoms with van der Waals surface area (Å²) in [6, 6.07) is 7.97. The average molecular weight is 479 g/mol. The Morgan fingerprint density at radius 2 is 1.91 bits per heavy atom. The first-order chi connectivity index (χ1) is 15.9. The van der Waals surface area contributed by atoms with E-state index in [0.717, 1.165) is 0 Å². The molecule has 1 aliphatic heterocycles. The molecule has 0 radical (unpaired) electrons. The first-order valence-corrected chi connectivity index (χ1v) is 11.8. The third kappa shape index (κ3) is 6.76. The van der Waals surface area contributed by atoms with E-state index in [4.69, 9.17) is 9.26 Å². The van der Waals surface area contributed by atoms with Crippen LogP contribution >= 0.6 is 0 Å². The van der Waals surface area contributed by atoms with Crippen molar-refractivity contribution in [3.63, 3.8) is 0 Å². The van der Waals surface area contributed by atoms with E-state index in [-0.39, 0.29) is 30.5 Å². The number of nitrogens with zero attached hydrogens (tertiary/aromatic N) is 3. The lowest BCUT2D eigenvalue weighted by molar-refractivity contribution is -0.139. The molecule has 2 unspecified atom stereocenters. The van der Waals surface area contributed by atoms with Crippen molar-refractivity contribution in [3.8, 4) is 11.4 Å². The number of hydrogen-bond donors (Lipinski definition) is 2. The summed E-state index contributed by atoms with van der Waals surface area (Å²) in [6.07, 6.45) is -0.0264. The monoisotopic (exact) mass is 478 g/mol. The molecule has 3 atom stereocenters. The maximum atomic E-state index is 12.9. The summed E-state index contributed by atoms with van der Waals surface area (Å²) in [5.74, 6) is -3.07. The van der Waals surface area contributed by atoms with Gasteiger partial charge in [-0.15, -0.1) is 0 Å². The van der Waals surface area contributed by atoms with E-state index in [1.165, 1.54) is 0 Å². The molecular weight excluding hydrogens is 452 g/mol. The van der Waals surface area contributed by atoms with Crippen molar-refractivity contribution in [2.24, 2.45) is 5.92 Å². The molecule has 2 heterocycles. The number of benzene rings is 1. The van der Waals surface area contributed by atoms with Crippen LogP contribution in [0.5, 0.6) is 0 Å². The lowest BCUT2D eigenvalue weighted by atomic mass is 10.0. The Labute approximate surface area is 193 Å². The number of carbonyl (C=O) groups is 3. The Hall–Kier alpha value is -2.96. The van der Waals surface area contributed by atoms with E-state index in [1.807, 2.05) is 6.07 Å². The normalized spacial score (nSPS) is 16.6. The summed E-state index contributed by atoms with van der Waals surface area (Å²) < 4.78 is 31.0. The van der Waals surface area contributed by atoms with Gasteiger partial charge in [0.15, 0.2) is 11.1 Å². The predicted molar refractivity (Wildman–Crippen MR) is 117 cm³/mol. The summed E-state index contributed by atoms with van der Waals surface area (Å²) in [6.45, 7) is 3.28. The average Bonchev–Trinajstić information content (AvgIpc) is 3.32. The molecule has 178 valence electrons. The molecule has 0 spiro atoms. The number of aromatic nitrogens is 2. The highest BCUT2D eigenvalue weighted by Gasteiger charge is 2.32. The summed E-state index contributed by atoms with van der Waals surface area (Å²) in [5.41, 5.74) is 0.671. The summed E-state index contributed by atoms with van der Waals surface area (Å²) in [5, 5.41) is 6.39. The number of ketones is 1. The van der Waals surface area contributed by atoms with Gasteiger partial charge in [0.1, 0.15) is 0 Å². The van der Waals surface area contributed by atoms with Gasteiger partial charge in [0.25, 0.3) is 5.89 Å². The number of hydrogen-bond acceptors (Lipinski definition) is 8. The highest BCUT2D eigenvalue weighted by Crippen LogP contribution is 2.17. The Bertz CT molecular complexity index is 992. The highest BCUT2D eigenvalue weighted by atomic mass is 32.2. The van der Waals surface area contributed by atoms with Gasteiger partial charge in [-0.25, -0.2) is 4.21 Å². The van der Waals surface area contributed by atoms with Crippen LogP contribution in [0.4, 0.5) is 0 Å². The maximum Gasteiger partial charge on any atom is 0.296 e. The second-order valence-corrected chi connectivity index (χ2v) is 8.48. The minimum absolute atomic E-state index is 0.222. The fourth-order valence-electron chi connectivity index (χ4n) is 3.37. The van der Waals surface area contributed by atoms with Crippen molar-refractivity contribution in [3.05, 3.63) is 36.2 Å². The Kier molecular flexibility index (Phi) is 8.80. The fourth-order valence-corrected chi connectivity index (χ4v) is 3.99. The number of rotatable bonds is 10. The second-order valence-electron chi connectivity index (χ2n) is 7.51. The van der Waals surface area contributed by atoms with Gasteiger partial charge in [-0.05, 0) is 6.42 Å². The van der Waals surface area contributed by atoms with E-state index < -0.39 is 40.5 Å². The molecule has 1 aliphatic rings. The smallest absolute Gasteiger partial charge is 0.296 e. The van der Waals surface area contributed by atoms with E-state index in [2.05, 4.69) is 15.5 Å². The molecule has 33 heavy (non-hydrogen) atoms. The first kappa shape index (κ1) is 24.7. The molecule has 2 aromatic rings. The molecule has 12 heteroatoms. The quantitative estimate of drug-likeness (QED) is 0.375. The number of carbonyl (C=O) groups excluding carboxylic acids is 3. The molecule has 2 N–H and O–H groups in total. The molecule has 3 rings (SSSR count). The third-order valence-corrected chi connectivity index (χ3v) is 5.90. The lowest BCUT2D eigenvalue weighted by Crippen LogP contribution is -2.47. The van der Waals surface area contributed by atoms with Crippen LogP contribution in [0.15, 0.2) is 34.9 Å². The summed E-state index contributed by atoms with van der Waals surface area (Å²) in [7, 11) is 0. The van der Waals surface area contributed by atoms with Gasteiger partial charge in [0.05, 0.1) is 30.9 Å². The Morgan fingerprint density at radius 3 is 2.55 bits per heavy atom. The van der Waals surface area contributed by atoms with Crippen LogP contribution in [-0.2, 0) is 25.4 Å². The van der Waals surface area contributed by atoms with Crippen LogP contribution in [0.25, 0.3) is 11.4 Å². The number of ether oxygens (including phenoxy) is 1. The van der Waals surface area contributed by atoms with Crippen LogP contribution < -0.4 is 5.32 Å². The topological polar surface area (TPSA) is 152 Å². The van der Waals surface area contributed by atoms with E-state index >= 15 is 0 Å². The molecule has 1 aromatic heterocycles. The van der Waals surface area contributed by atoms with Gasteiger partial charge in [-0.1, -0.05) is 42.4 Å². The number of amides is 2. The zero-order valence-corrected chi connectivity index (χ0v) is 19.0. The van der Waals surface area contributed by atoms with E-state index in [9.17, 15) is 23.1 Å². The highest BCUT2D eigenvalue weighted by molar-refractivity contribution is 7.79. The van der Waals surface area contributed by atoms with Crippen LogP contribution in [0.2, 0.25) is 0 Å². The standard InChI is InChI=1S/C21H26N4O7S/c1-2-16(18(27)21-23-19(24-32-21)14-6-4-3-5-7-14)22-20(28)15(13-33(29)30)12-17(26)25-8-10-31-11-9-25/h3-7,15-16H,2,8-13H2,1H3,(H,22,28)(H,29,30)/t15?,16-/m0/s1. The van der Waals surface area contributed by atoms with Gasteiger partial charge < -0.3 is 24.0 Å². The zero-order valence-electron chi connectivity index (χ0n) is 18.1. The maximum absolute atomic E-state index is 12.9. The third-order valence-electron chi connectivity index (χ3n) is 5.21. The van der Waals surface area contributed by atoms with Gasteiger partial charge in [-0.2, -0.15) is 4.98 Å². The van der Waals surface area contributed by atoms with Crippen LogP contribution in [0.3, 0.4) is 0 Å². The summed E-state index contributed by atoms with van der Waals surface area (Å²) in [4.78, 5) is 43.9. The van der Waals surface area contributed by atoms with Crippen molar-refractivity contribution in [2.75, 3.05) is 32.1 Å². The van der Waals surface area contributed by atoms with Crippen molar-refractivity contribution in [1.82, 2.24) is 20.4 Å². The van der Waals surface area contributed by atoms with Crippen molar-refractivity contribution < 1.29 is 32.4 Å². The molecule has 0 aliphatic carbocycles. The minimum atomic E-state index is -2.30. The number of nitrogens with one attached hydrogen (secondary N) is 1. The molecule has 1 fully saturated rings. The van der Waals surface area contributed by atoms with Crippen molar-refractivity contribution in [2.45, 2.75) is 25.8 Å². The van der Waals surface area contributed by atoms with Gasteiger partial charge in [0.2, 0.25) is 23.4 Å².